The summed E-state index contributed by atoms with van der Waals surface area (Å²) in [5, 5.41) is 14.8. The highest BCUT2D eigenvalue weighted by Crippen LogP contribution is 2.24. The van der Waals surface area contributed by atoms with Gasteiger partial charge in [-0.15, -0.1) is 0 Å². The summed E-state index contributed by atoms with van der Waals surface area (Å²) in [5.74, 6) is 0.232. The van der Waals surface area contributed by atoms with Crippen LogP contribution in [0, 0.1) is 11.3 Å². The Labute approximate surface area is 108 Å². The number of nitrogens with one attached hydrogen (secondary N) is 2. The first-order valence-corrected chi connectivity index (χ1v) is 6.61. The Hall–Kier alpha value is -2.04. The lowest BCUT2D eigenvalue weighted by Gasteiger charge is -2.07. The molecule has 0 bridgehead atoms. The lowest BCUT2D eigenvalue weighted by molar-refractivity contribution is 0.601. The van der Waals surface area contributed by atoms with Crippen LogP contribution in [0.2, 0.25) is 5.02 Å². The molecule has 18 heavy (non-hydrogen) atoms. The maximum Gasteiger partial charge on any atom is 0.264 e. The molecule has 92 valence electrons. The molecule has 0 aliphatic carbocycles. The number of rotatable bonds is 3. The lowest BCUT2D eigenvalue weighted by Crippen LogP contribution is -2.13. The second kappa shape index (κ2) is 4.68. The molecular weight excluding hydrogens is 276 g/mol. The van der Waals surface area contributed by atoms with E-state index in [4.69, 9.17) is 16.9 Å². The fraction of sp³-hybridized carbons (Fsp3) is 0. The number of sulfonamides is 1. The van der Waals surface area contributed by atoms with Crippen molar-refractivity contribution in [1.82, 2.24) is 10.2 Å². The maximum atomic E-state index is 12.0. The summed E-state index contributed by atoms with van der Waals surface area (Å²) >= 11 is 5.84. The molecule has 2 aromatic rings. The molecule has 0 amide bonds. The number of nitrogens with zero attached hydrogens (tertiary/aromatic N) is 2. The van der Waals surface area contributed by atoms with Crippen LogP contribution >= 0.6 is 11.6 Å². The highest BCUT2D eigenvalue weighted by Gasteiger charge is 2.18. The van der Waals surface area contributed by atoms with Gasteiger partial charge in [-0.05, 0) is 18.2 Å². The average Bonchev–Trinajstić information content (AvgIpc) is 2.80. The number of hydrogen-bond donors (Lipinski definition) is 2. The summed E-state index contributed by atoms with van der Waals surface area (Å²) in [5.41, 5.74) is 0.292. The van der Waals surface area contributed by atoms with Crippen molar-refractivity contribution in [1.29, 1.82) is 5.26 Å². The molecule has 1 aromatic heterocycles. The molecule has 8 heteroatoms. The van der Waals surface area contributed by atoms with E-state index in [1.807, 2.05) is 6.07 Å². The zero-order chi connectivity index (χ0) is 13.2. The van der Waals surface area contributed by atoms with E-state index in [9.17, 15) is 8.42 Å². The van der Waals surface area contributed by atoms with Gasteiger partial charge in [-0.3, -0.25) is 9.82 Å². The highest BCUT2D eigenvalue weighted by atomic mass is 35.5. The molecule has 0 saturated heterocycles. The van der Waals surface area contributed by atoms with Crippen LogP contribution in [0.25, 0.3) is 0 Å². The van der Waals surface area contributed by atoms with E-state index in [2.05, 4.69) is 14.9 Å². The monoisotopic (exact) mass is 282 g/mol. The first-order valence-electron chi connectivity index (χ1n) is 4.75. The first-order chi connectivity index (χ1) is 8.53. The Bertz CT molecular complexity index is 704. The normalized spacial score (nSPS) is 10.9. The smallest absolute Gasteiger partial charge is 0.264 e. The molecule has 1 heterocycles. The Kier molecular flexibility index (Phi) is 3.23. The summed E-state index contributed by atoms with van der Waals surface area (Å²) in [6.07, 6.45) is 1.41. The van der Waals surface area contributed by atoms with E-state index in [1.165, 1.54) is 30.5 Å². The largest absolute Gasteiger partial charge is 0.264 e. The molecule has 0 spiro atoms. The molecule has 0 aliphatic heterocycles. The summed E-state index contributed by atoms with van der Waals surface area (Å²) in [6.45, 7) is 0. The Morgan fingerprint density at radius 1 is 1.39 bits per heavy atom. The van der Waals surface area contributed by atoms with Gasteiger partial charge in [0.1, 0.15) is 10.7 Å². The third kappa shape index (κ3) is 2.45. The zero-order valence-electron chi connectivity index (χ0n) is 8.88. The van der Waals surface area contributed by atoms with E-state index in [0.717, 1.165) is 0 Å². The van der Waals surface area contributed by atoms with E-state index >= 15 is 0 Å². The predicted octanol–water partition coefficient (Wildman–Crippen LogP) is 1.74. The van der Waals surface area contributed by atoms with Gasteiger partial charge in [-0.2, -0.15) is 10.4 Å². The minimum atomic E-state index is -3.80. The topological polar surface area (TPSA) is 98.6 Å². The Morgan fingerprint density at radius 3 is 2.72 bits per heavy atom. The summed E-state index contributed by atoms with van der Waals surface area (Å²) in [6, 6.07) is 7.30. The molecule has 0 unspecified atom stereocenters. The molecule has 0 saturated carbocycles. The molecule has 6 nitrogen and oxygen atoms in total. The van der Waals surface area contributed by atoms with Crippen LogP contribution in [0.3, 0.4) is 0 Å². The minimum absolute atomic E-state index is 0.0129. The molecule has 2 N–H and O–H groups in total. The number of H-pyrrole nitrogens is 1. The van der Waals surface area contributed by atoms with Crippen molar-refractivity contribution in [2.24, 2.45) is 0 Å². The molecule has 0 fully saturated rings. The third-order valence-corrected chi connectivity index (χ3v) is 3.94. The van der Waals surface area contributed by atoms with Gasteiger partial charge in [0.2, 0.25) is 0 Å². The van der Waals surface area contributed by atoms with Crippen molar-refractivity contribution < 1.29 is 8.42 Å². The number of nitriles is 1. The molecule has 0 atom stereocenters. The van der Waals surface area contributed by atoms with E-state index in [1.54, 1.807) is 0 Å². The number of halogens is 1. The van der Waals surface area contributed by atoms with Gasteiger partial charge in [0.15, 0.2) is 0 Å². The van der Waals surface area contributed by atoms with Gasteiger partial charge >= 0.3 is 0 Å². The maximum absolute atomic E-state index is 12.0. The van der Waals surface area contributed by atoms with Gasteiger partial charge in [-0.1, -0.05) is 11.6 Å². The van der Waals surface area contributed by atoms with Crippen LogP contribution in [0.5, 0.6) is 0 Å². The van der Waals surface area contributed by atoms with Gasteiger partial charge in [0.25, 0.3) is 10.0 Å². The Morgan fingerprint density at radius 2 is 2.17 bits per heavy atom. The lowest BCUT2D eigenvalue weighted by atomic mass is 10.2. The van der Waals surface area contributed by atoms with Crippen molar-refractivity contribution in [3.05, 3.63) is 41.0 Å². The van der Waals surface area contributed by atoms with Crippen LogP contribution in [-0.4, -0.2) is 18.6 Å². The fourth-order valence-electron chi connectivity index (χ4n) is 1.30. The second-order valence-corrected chi connectivity index (χ2v) is 5.39. The van der Waals surface area contributed by atoms with Crippen LogP contribution in [0.4, 0.5) is 5.82 Å². The van der Waals surface area contributed by atoms with Crippen LogP contribution < -0.4 is 4.72 Å². The van der Waals surface area contributed by atoms with E-state index < -0.39 is 10.0 Å². The zero-order valence-corrected chi connectivity index (χ0v) is 10.5. The number of aromatic amines is 1. The van der Waals surface area contributed by atoms with Crippen LogP contribution in [-0.2, 0) is 10.0 Å². The fourth-order valence-corrected chi connectivity index (χ4v) is 2.86. The average molecular weight is 283 g/mol. The highest BCUT2D eigenvalue weighted by molar-refractivity contribution is 7.92. The van der Waals surface area contributed by atoms with Crippen molar-refractivity contribution in [2.75, 3.05) is 4.72 Å². The molecule has 0 radical (unpaired) electrons. The van der Waals surface area contributed by atoms with E-state index in [0.29, 0.717) is 5.56 Å². The summed E-state index contributed by atoms with van der Waals surface area (Å²) in [7, 11) is -3.80. The quantitative estimate of drug-likeness (QED) is 0.895. The second-order valence-electron chi connectivity index (χ2n) is 3.33. The van der Waals surface area contributed by atoms with Gasteiger partial charge < -0.3 is 0 Å². The number of benzene rings is 1. The van der Waals surface area contributed by atoms with Crippen molar-refractivity contribution in [2.45, 2.75) is 4.90 Å². The van der Waals surface area contributed by atoms with Crippen LogP contribution in [0.15, 0.2) is 35.4 Å². The number of hydrogen-bond acceptors (Lipinski definition) is 4. The Balaban J connectivity index is 2.39. The van der Waals surface area contributed by atoms with Gasteiger partial charge in [0.05, 0.1) is 22.9 Å². The molecule has 1 aromatic carbocycles. The predicted molar refractivity (Wildman–Crippen MR) is 65.6 cm³/mol. The molecule has 0 aliphatic rings. The standard InChI is InChI=1S/C10H7ClN4O2S/c11-8-5-7(6-12)1-2-9(8)18(16,17)15-10-3-4-13-14-10/h1-5H,(H2,13,14,15). The van der Waals surface area contributed by atoms with Gasteiger partial charge in [-0.25, -0.2) is 8.42 Å². The number of aromatic nitrogens is 2. The van der Waals surface area contributed by atoms with Crippen LogP contribution in [0.1, 0.15) is 5.56 Å². The van der Waals surface area contributed by atoms with Crippen molar-refractivity contribution in [3.8, 4) is 6.07 Å². The van der Waals surface area contributed by atoms with Gasteiger partial charge in [0, 0.05) is 6.07 Å². The summed E-state index contributed by atoms with van der Waals surface area (Å²) < 4.78 is 26.3. The molecule has 2 rings (SSSR count). The number of anilines is 1. The van der Waals surface area contributed by atoms with Crippen molar-refractivity contribution in [3.63, 3.8) is 0 Å². The van der Waals surface area contributed by atoms with Crippen molar-refractivity contribution >= 4 is 27.4 Å². The SMILES string of the molecule is N#Cc1ccc(S(=O)(=O)Nc2ccn[nH]2)c(Cl)c1. The summed E-state index contributed by atoms with van der Waals surface area (Å²) in [4.78, 5) is -0.0993. The minimum Gasteiger partial charge on any atom is -0.264 e. The third-order valence-electron chi connectivity index (χ3n) is 2.10. The first kappa shape index (κ1) is 12.4. The molecular formula is C10H7ClN4O2S. The van der Waals surface area contributed by atoms with E-state index in [-0.39, 0.29) is 15.7 Å².